The lowest BCUT2D eigenvalue weighted by molar-refractivity contribution is 0.247. The van der Waals surface area contributed by atoms with Gasteiger partial charge in [-0.15, -0.1) is 0 Å². The van der Waals surface area contributed by atoms with Crippen LogP contribution in [0.2, 0.25) is 0 Å². The van der Waals surface area contributed by atoms with Crippen molar-refractivity contribution in [3.8, 4) is 0 Å². The van der Waals surface area contributed by atoms with Gasteiger partial charge in [-0.25, -0.2) is 4.98 Å². The van der Waals surface area contributed by atoms with E-state index in [2.05, 4.69) is 22.9 Å². The van der Waals surface area contributed by atoms with E-state index in [0.29, 0.717) is 11.9 Å². The monoisotopic (exact) mass is 219 g/mol. The number of likely N-dealkylation sites (tertiary alicyclic amines) is 1. The van der Waals surface area contributed by atoms with Crippen molar-refractivity contribution in [2.45, 2.75) is 38.6 Å². The lowest BCUT2D eigenvalue weighted by Gasteiger charge is -2.23. The summed E-state index contributed by atoms with van der Waals surface area (Å²) in [5.74, 6) is 0.608. The molecule has 2 N–H and O–H groups in total. The molecule has 1 atom stereocenters. The van der Waals surface area contributed by atoms with Crippen LogP contribution in [0, 0.1) is 0 Å². The van der Waals surface area contributed by atoms with E-state index in [4.69, 9.17) is 5.73 Å². The molecule has 1 aromatic rings. The third-order valence-electron chi connectivity index (χ3n) is 3.46. The molecule has 1 aliphatic heterocycles. The largest absolute Gasteiger partial charge is 0.384 e. The molecule has 0 spiro atoms. The molecule has 88 valence electrons. The molecule has 0 amide bonds. The van der Waals surface area contributed by atoms with Crippen molar-refractivity contribution in [1.82, 2.24) is 9.88 Å². The van der Waals surface area contributed by atoms with E-state index in [1.807, 2.05) is 12.3 Å². The predicted octanol–water partition coefficient (Wildman–Crippen LogP) is 2.08. The summed E-state index contributed by atoms with van der Waals surface area (Å²) in [5, 5.41) is 0. The van der Waals surface area contributed by atoms with Crippen LogP contribution in [0.5, 0.6) is 0 Å². The highest BCUT2D eigenvalue weighted by Crippen LogP contribution is 2.15. The number of hydrogen-bond acceptors (Lipinski definition) is 3. The number of nitrogen functional groups attached to an aromatic ring is 1. The van der Waals surface area contributed by atoms with E-state index in [1.54, 1.807) is 0 Å². The molecule has 0 aromatic carbocycles. The number of nitrogens with two attached hydrogens (primary N) is 1. The summed E-state index contributed by atoms with van der Waals surface area (Å²) >= 11 is 0. The van der Waals surface area contributed by atoms with Crippen LogP contribution in [0.1, 0.15) is 31.7 Å². The first-order chi connectivity index (χ1) is 7.75. The highest BCUT2D eigenvalue weighted by molar-refractivity contribution is 5.29. The Hall–Kier alpha value is -1.09. The molecule has 2 rings (SSSR count). The third kappa shape index (κ3) is 2.95. The topological polar surface area (TPSA) is 42.1 Å². The number of nitrogens with zero attached hydrogens (tertiary/aromatic N) is 2. The van der Waals surface area contributed by atoms with Gasteiger partial charge >= 0.3 is 0 Å². The Balaban J connectivity index is 1.80. The Bertz CT molecular complexity index is 314. The molecule has 0 aliphatic carbocycles. The van der Waals surface area contributed by atoms with Gasteiger partial charge in [-0.05, 0) is 57.3 Å². The van der Waals surface area contributed by atoms with Gasteiger partial charge in [0.15, 0.2) is 0 Å². The minimum absolute atomic E-state index is 0.608. The van der Waals surface area contributed by atoms with Crippen LogP contribution >= 0.6 is 0 Å². The van der Waals surface area contributed by atoms with Crippen molar-refractivity contribution in [3.05, 3.63) is 23.9 Å². The first-order valence-corrected chi connectivity index (χ1v) is 6.20. The fraction of sp³-hybridized carbons (Fsp3) is 0.615. The van der Waals surface area contributed by atoms with Gasteiger partial charge in [0, 0.05) is 12.2 Å². The number of hydrogen-bond donors (Lipinski definition) is 1. The van der Waals surface area contributed by atoms with Crippen molar-refractivity contribution in [1.29, 1.82) is 0 Å². The summed E-state index contributed by atoms with van der Waals surface area (Å²) in [6.07, 6.45) is 6.95. The molecule has 1 aromatic heterocycles. The molecule has 2 heterocycles. The number of pyridine rings is 1. The summed E-state index contributed by atoms with van der Waals surface area (Å²) in [7, 11) is 0. The highest BCUT2D eigenvalue weighted by atomic mass is 15.2. The number of anilines is 1. The Kier molecular flexibility index (Phi) is 3.78. The minimum Gasteiger partial charge on any atom is -0.384 e. The Morgan fingerprint density at radius 3 is 2.75 bits per heavy atom. The summed E-state index contributed by atoms with van der Waals surface area (Å²) in [6, 6.07) is 4.66. The van der Waals surface area contributed by atoms with Crippen molar-refractivity contribution in [3.63, 3.8) is 0 Å². The van der Waals surface area contributed by atoms with Gasteiger partial charge in [-0.3, -0.25) is 0 Å². The van der Waals surface area contributed by atoms with Gasteiger partial charge in [0.2, 0.25) is 0 Å². The van der Waals surface area contributed by atoms with Crippen LogP contribution in [-0.4, -0.2) is 29.0 Å². The normalized spacial score (nSPS) is 18.8. The van der Waals surface area contributed by atoms with E-state index >= 15 is 0 Å². The molecular formula is C13H21N3. The van der Waals surface area contributed by atoms with Crippen molar-refractivity contribution < 1.29 is 0 Å². The van der Waals surface area contributed by atoms with E-state index < -0.39 is 0 Å². The fourth-order valence-corrected chi connectivity index (χ4v) is 2.32. The lowest BCUT2D eigenvalue weighted by Crippen LogP contribution is -2.30. The first-order valence-electron chi connectivity index (χ1n) is 6.20. The molecule has 1 unspecified atom stereocenters. The second-order valence-corrected chi connectivity index (χ2v) is 4.72. The molecule has 0 bridgehead atoms. The number of aromatic nitrogens is 1. The van der Waals surface area contributed by atoms with Crippen LogP contribution in [-0.2, 0) is 6.42 Å². The average molecular weight is 219 g/mol. The van der Waals surface area contributed by atoms with E-state index in [9.17, 15) is 0 Å². The lowest BCUT2D eigenvalue weighted by atomic mass is 10.1. The molecule has 1 saturated heterocycles. The van der Waals surface area contributed by atoms with E-state index in [-0.39, 0.29) is 0 Å². The van der Waals surface area contributed by atoms with Gasteiger partial charge in [0.1, 0.15) is 5.82 Å². The first kappa shape index (κ1) is 11.4. The Morgan fingerprint density at radius 1 is 1.38 bits per heavy atom. The second-order valence-electron chi connectivity index (χ2n) is 4.72. The zero-order valence-electron chi connectivity index (χ0n) is 10.0. The van der Waals surface area contributed by atoms with Crippen molar-refractivity contribution in [2.24, 2.45) is 0 Å². The van der Waals surface area contributed by atoms with Gasteiger partial charge < -0.3 is 10.6 Å². The average Bonchev–Trinajstić information content (AvgIpc) is 2.81. The molecule has 0 radical (unpaired) electrons. The summed E-state index contributed by atoms with van der Waals surface area (Å²) in [4.78, 5) is 6.71. The van der Waals surface area contributed by atoms with Crippen LogP contribution in [0.25, 0.3) is 0 Å². The second kappa shape index (κ2) is 5.30. The molecule has 1 aliphatic rings. The van der Waals surface area contributed by atoms with Crippen LogP contribution in [0.4, 0.5) is 5.82 Å². The van der Waals surface area contributed by atoms with Gasteiger partial charge in [-0.2, -0.15) is 0 Å². The quantitative estimate of drug-likeness (QED) is 0.843. The predicted molar refractivity (Wildman–Crippen MR) is 67.2 cm³/mol. The summed E-state index contributed by atoms with van der Waals surface area (Å²) in [5.41, 5.74) is 6.85. The molecule has 0 saturated carbocycles. The fourth-order valence-electron chi connectivity index (χ4n) is 2.32. The molecule has 3 heteroatoms. The van der Waals surface area contributed by atoms with Crippen LogP contribution in [0.15, 0.2) is 18.3 Å². The summed E-state index contributed by atoms with van der Waals surface area (Å²) < 4.78 is 0. The van der Waals surface area contributed by atoms with Crippen molar-refractivity contribution in [2.75, 3.05) is 18.8 Å². The Morgan fingerprint density at radius 2 is 2.12 bits per heavy atom. The number of rotatable bonds is 4. The maximum Gasteiger partial charge on any atom is 0.123 e. The smallest absolute Gasteiger partial charge is 0.123 e. The molecular weight excluding hydrogens is 198 g/mol. The van der Waals surface area contributed by atoms with Crippen molar-refractivity contribution >= 4 is 5.82 Å². The maximum atomic E-state index is 5.56. The molecule has 3 nitrogen and oxygen atoms in total. The highest BCUT2D eigenvalue weighted by Gasteiger charge is 2.17. The molecule has 1 fully saturated rings. The van der Waals surface area contributed by atoms with Gasteiger partial charge in [0.25, 0.3) is 0 Å². The minimum atomic E-state index is 0.608. The zero-order valence-corrected chi connectivity index (χ0v) is 10.0. The van der Waals surface area contributed by atoms with Gasteiger partial charge in [-0.1, -0.05) is 6.07 Å². The SMILES string of the molecule is CC(CCc1ccc(N)nc1)N1CCCC1. The molecule has 16 heavy (non-hydrogen) atoms. The van der Waals surface area contributed by atoms with E-state index in [1.165, 1.54) is 37.9 Å². The maximum absolute atomic E-state index is 5.56. The Labute approximate surface area is 97.7 Å². The summed E-state index contributed by atoms with van der Waals surface area (Å²) in [6.45, 7) is 4.89. The number of aryl methyl sites for hydroxylation is 1. The standard InChI is InChI=1S/C13H21N3/c1-11(16-8-2-3-9-16)4-5-12-6-7-13(14)15-10-12/h6-7,10-11H,2-5,8-9H2,1H3,(H2,14,15). The van der Waals surface area contributed by atoms with Crippen LogP contribution in [0.3, 0.4) is 0 Å². The zero-order chi connectivity index (χ0) is 11.4. The van der Waals surface area contributed by atoms with Gasteiger partial charge in [0.05, 0.1) is 0 Å². The third-order valence-corrected chi connectivity index (χ3v) is 3.46. The van der Waals surface area contributed by atoms with Crippen LogP contribution < -0.4 is 5.73 Å². The van der Waals surface area contributed by atoms with E-state index in [0.717, 1.165) is 6.42 Å².